The molecule has 0 saturated carbocycles. The lowest BCUT2D eigenvalue weighted by atomic mass is 9.99. The van der Waals surface area contributed by atoms with Crippen molar-refractivity contribution in [2.75, 3.05) is 27.3 Å². The SMILES string of the molecule is CCNC(=NCc1nccn1C(F)F)N1CCc2cc(OC)c(OC)cc2C1.I. The average molecular weight is 521 g/mol. The van der Waals surface area contributed by atoms with Crippen molar-refractivity contribution in [3.63, 3.8) is 0 Å². The van der Waals surface area contributed by atoms with E-state index in [1.807, 2.05) is 19.1 Å². The number of halogens is 3. The van der Waals surface area contributed by atoms with Gasteiger partial charge in [0.1, 0.15) is 12.4 Å². The molecule has 0 fully saturated rings. The highest BCUT2D eigenvalue weighted by atomic mass is 127. The van der Waals surface area contributed by atoms with E-state index in [4.69, 9.17) is 9.47 Å². The number of hydrogen-bond acceptors (Lipinski definition) is 4. The fourth-order valence-corrected chi connectivity index (χ4v) is 3.28. The normalized spacial score (nSPS) is 13.7. The minimum absolute atomic E-state index is 0. The minimum Gasteiger partial charge on any atom is -0.493 e. The third kappa shape index (κ3) is 5.28. The maximum atomic E-state index is 13.0. The van der Waals surface area contributed by atoms with Crippen LogP contribution in [0.2, 0.25) is 0 Å². The van der Waals surface area contributed by atoms with Crippen LogP contribution >= 0.6 is 24.0 Å². The number of benzene rings is 1. The lowest BCUT2D eigenvalue weighted by Gasteiger charge is -2.32. The van der Waals surface area contributed by atoms with E-state index in [-0.39, 0.29) is 36.3 Å². The number of rotatable bonds is 6. The van der Waals surface area contributed by atoms with Crippen LogP contribution in [0, 0.1) is 0 Å². The second-order valence-corrected chi connectivity index (χ2v) is 6.35. The van der Waals surface area contributed by atoms with Crippen LogP contribution in [-0.4, -0.2) is 47.7 Å². The van der Waals surface area contributed by atoms with E-state index in [2.05, 4.69) is 20.2 Å². The van der Waals surface area contributed by atoms with Crippen LogP contribution in [0.5, 0.6) is 11.5 Å². The molecule has 0 bridgehead atoms. The number of ether oxygens (including phenoxy) is 2. The summed E-state index contributed by atoms with van der Waals surface area (Å²) < 4.78 is 37.6. The molecular weight excluding hydrogens is 495 g/mol. The van der Waals surface area contributed by atoms with Crippen molar-refractivity contribution in [1.82, 2.24) is 19.8 Å². The van der Waals surface area contributed by atoms with Crippen LogP contribution < -0.4 is 14.8 Å². The van der Waals surface area contributed by atoms with Gasteiger partial charge in [0.05, 0.1) is 14.2 Å². The van der Waals surface area contributed by atoms with Crippen molar-refractivity contribution >= 4 is 29.9 Å². The molecule has 0 atom stereocenters. The van der Waals surface area contributed by atoms with E-state index in [0.717, 1.165) is 23.1 Å². The lowest BCUT2D eigenvalue weighted by molar-refractivity contribution is 0.0671. The molecule has 10 heteroatoms. The van der Waals surface area contributed by atoms with Gasteiger partial charge in [0.25, 0.3) is 0 Å². The zero-order chi connectivity index (χ0) is 20.1. The van der Waals surface area contributed by atoms with Gasteiger partial charge in [-0.1, -0.05) is 0 Å². The third-order valence-electron chi connectivity index (χ3n) is 4.68. The van der Waals surface area contributed by atoms with Gasteiger partial charge in [0.15, 0.2) is 17.5 Å². The first kappa shape index (κ1) is 23.2. The third-order valence-corrected chi connectivity index (χ3v) is 4.68. The zero-order valence-corrected chi connectivity index (χ0v) is 19.0. The Kier molecular flexibility index (Phi) is 8.47. The van der Waals surface area contributed by atoms with Crippen molar-refractivity contribution < 1.29 is 18.3 Å². The summed E-state index contributed by atoms with van der Waals surface area (Å²) in [4.78, 5) is 10.6. The Bertz CT molecular complexity index is 844. The number of aromatic nitrogens is 2. The van der Waals surface area contributed by atoms with Gasteiger partial charge in [-0.05, 0) is 36.6 Å². The molecule has 0 unspecified atom stereocenters. The predicted molar refractivity (Wildman–Crippen MR) is 117 cm³/mol. The van der Waals surface area contributed by atoms with Crippen LogP contribution in [0.3, 0.4) is 0 Å². The van der Waals surface area contributed by atoms with Gasteiger partial charge in [-0.25, -0.2) is 9.98 Å². The second kappa shape index (κ2) is 10.6. The number of aliphatic imine (C=N–C) groups is 1. The van der Waals surface area contributed by atoms with E-state index in [0.29, 0.717) is 30.5 Å². The molecule has 2 aromatic rings. The summed E-state index contributed by atoms with van der Waals surface area (Å²) in [7, 11) is 3.24. The largest absolute Gasteiger partial charge is 0.493 e. The van der Waals surface area contributed by atoms with Crippen LogP contribution in [0.25, 0.3) is 0 Å². The smallest absolute Gasteiger partial charge is 0.319 e. The molecule has 1 aromatic heterocycles. The highest BCUT2D eigenvalue weighted by Crippen LogP contribution is 2.33. The van der Waals surface area contributed by atoms with E-state index in [1.54, 1.807) is 14.2 Å². The summed E-state index contributed by atoms with van der Waals surface area (Å²) in [6, 6.07) is 3.99. The monoisotopic (exact) mass is 521 g/mol. The molecule has 3 rings (SSSR count). The quantitative estimate of drug-likeness (QED) is 0.359. The molecule has 1 N–H and O–H groups in total. The molecular formula is C19H26F2IN5O2. The van der Waals surface area contributed by atoms with E-state index in [9.17, 15) is 8.78 Å². The number of imidazole rings is 1. The van der Waals surface area contributed by atoms with Gasteiger partial charge >= 0.3 is 6.55 Å². The van der Waals surface area contributed by atoms with E-state index in [1.165, 1.54) is 18.0 Å². The average Bonchev–Trinajstić information content (AvgIpc) is 3.18. The highest BCUT2D eigenvalue weighted by Gasteiger charge is 2.22. The number of alkyl halides is 2. The first-order valence-corrected chi connectivity index (χ1v) is 9.14. The van der Waals surface area contributed by atoms with Crippen LogP contribution in [0.1, 0.15) is 30.4 Å². The van der Waals surface area contributed by atoms with Crippen molar-refractivity contribution in [2.45, 2.75) is 33.0 Å². The van der Waals surface area contributed by atoms with Gasteiger partial charge in [-0.3, -0.25) is 4.57 Å². The van der Waals surface area contributed by atoms with Crippen molar-refractivity contribution in [3.05, 3.63) is 41.5 Å². The summed E-state index contributed by atoms with van der Waals surface area (Å²) in [5, 5.41) is 3.24. The number of nitrogens with zero attached hydrogens (tertiary/aromatic N) is 4. The molecule has 160 valence electrons. The van der Waals surface area contributed by atoms with Crippen LogP contribution in [0.4, 0.5) is 8.78 Å². The summed E-state index contributed by atoms with van der Waals surface area (Å²) in [6.45, 7) is 1.51. The summed E-state index contributed by atoms with van der Waals surface area (Å²) in [5.74, 6) is 2.30. The molecule has 7 nitrogen and oxygen atoms in total. The van der Waals surface area contributed by atoms with Crippen LogP contribution in [0.15, 0.2) is 29.5 Å². The number of hydrogen-bond donors (Lipinski definition) is 1. The van der Waals surface area contributed by atoms with Gasteiger partial charge in [0.2, 0.25) is 0 Å². The van der Waals surface area contributed by atoms with Gasteiger partial charge in [-0.2, -0.15) is 8.78 Å². The van der Waals surface area contributed by atoms with E-state index < -0.39 is 6.55 Å². The molecule has 29 heavy (non-hydrogen) atoms. The Balaban J connectivity index is 0.00000300. The molecule has 1 aliphatic heterocycles. The fraction of sp³-hybridized carbons (Fsp3) is 0.474. The maximum absolute atomic E-state index is 13.0. The summed E-state index contributed by atoms with van der Waals surface area (Å²) in [6.07, 6.45) is 3.45. The highest BCUT2D eigenvalue weighted by molar-refractivity contribution is 14.0. The van der Waals surface area contributed by atoms with Crippen LogP contribution in [-0.2, 0) is 19.5 Å². The number of guanidine groups is 1. The Morgan fingerprint density at radius 1 is 1.24 bits per heavy atom. The van der Waals surface area contributed by atoms with Crippen molar-refractivity contribution in [3.8, 4) is 11.5 Å². The first-order chi connectivity index (χ1) is 13.6. The first-order valence-electron chi connectivity index (χ1n) is 9.14. The summed E-state index contributed by atoms with van der Waals surface area (Å²) in [5.41, 5.74) is 2.33. The van der Waals surface area contributed by atoms with E-state index >= 15 is 0 Å². The molecule has 0 aliphatic carbocycles. The molecule has 0 spiro atoms. The number of methoxy groups -OCH3 is 2. The molecule has 0 saturated heterocycles. The Morgan fingerprint density at radius 3 is 2.55 bits per heavy atom. The number of fused-ring (bicyclic) bond motifs is 1. The molecule has 1 aliphatic rings. The Labute approximate surface area is 186 Å². The van der Waals surface area contributed by atoms with Gasteiger partial charge in [-0.15, -0.1) is 24.0 Å². The second-order valence-electron chi connectivity index (χ2n) is 6.35. The molecule has 0 amide bonds. The molecule has 1 aromatic carbocycles. The van der Waals surface area contributed by atoms with Gasteiger partial charge < -0.3 is 19.7 Å². The standard InChI is InChI=1S/C19H25F2N5O2.HI/c1-4-22-19(24-11-17-23-6-8-26(17)18(20)21)25-7-5-13-9-15(27-2)16(28-3)10-14(13)12-25;/h6,8-10,18H,4-5,7,11-12H2,1-3H3,(H,22,24);1H. The van der Waals surface area contributed by atoms with Crippen molar-refractivity contribution in [2.24, 2.45) is 4.99 Å². The fourth-order valence-electron chi connectivity index (χ4n) is 3.28. The zero-order valence-electron chi connectivity index (χ0n) is 16.7. The molecule has 2 heterocycles. The Hall–Kier alpha value is -2.11. The maximum Gasteiger partial charge on any atom is 0.319 e. The molecule has 0 radical (unpaired) electrons. The topological polar surface area (TPSA) is 63.9 Å². The minimum atomic E-state index is -2.63. The lowest BCUT2D eigenvalue weighted by Crippen LogP contribution is -2.44. The Morgan fingerprint density at radius 2 is 1.93 bits per heavy atom. The predicted octanol–water partition coefficient (Wildman–Crippen LogP) is 3.44. The van der Waals surface area contributed by atoms with Gasteiger partial charge in [0, 0.05) is 32.0 Å². The number of nitrogens with one attached hydrogen (secondary N) is 1. The summed E-state index contributed by atoms with van der Waals surface area (Å²) >= 11 is 0. The van der Waals surface area contributed by atoms with Crippen molar-refractivity contribution in [1.29, 1.82) is 0 Å².